The predicted octanol–water partition coefficient (Wildman–Crippen LogP) is 4.40. The van der Waals surface area contributed by atoms with Crippen molar-refractivity contribution in [1.82, 2.24) is 9.36 Å². The summed E-state index contributed by atoms with van der Waals surface area (Å²) in [5, 5.41) is 6.13. The maximum atomic E-state index is 13.4. The molecule has 0 aliphatic carbocycles. The van der Waals surface area contributed by atoms with Crippen LogP contribution < -0.4 is 16.2 Å². The zero-order valence-corrected chi connectivity index (χ0v) is 18.9. The molecular weight excluding hydrogens is 416 g/mol. The fourth-order valence-corrected chi connectivity index (χ4v) is 3.73. The first-order valence-corrected chi connectivity index (χ1v) is 10.9. The number of nitrogens with one attached hydrogen (secondary N) is 2. The molecule has 33 heavy (non-hydrogen) atoms. The van der Waals surface area contributed by atoms with E-state index in [0.717, 1.165) is 11.1 Å². The molecule has 0 radical (unpaired) electrons. The second-order valence-electron chi connectivity index (χ2n) is 7.99. The van der Waals surface area contributed by atoms with Crippen molar-refractivity contribution in [2.45, 2.75) is 33.7 Å². The summed E-state index contributed by atoms with van der Waals surface area (Å²) in [6.07, 6.45) is 0.339. The number of hydrogen-bond donors (Lipinski definition) is 2. The largest absolute Gasteiger partial charge is 0.326 e. The average Bonchev–Trinajstić information content (AvgIpc) is 3.07. The molecule has 0 unspecified atom stereocenters. The number of rotatable bonds is 6. The number of carbonyl (C=O) groups excluding carboxylic acids is 2. The number of hydrogen-bond acceptors (Lipinski definition) is 3. The minimum Gasteiger partial charge on any atom is -0.326 e. The van der Waals surface area contributed by atoms with Crippen molar-refractivity contribution in [1.29, 1.82) is 0 Å². The Labute approximate surface area is 191 Å². The summed E-state index contributed by atoms with van der Waals surface area (Å²) in [5.74, 6) is -0.381. The van der Waals surface area contributed by atoms with Gasteiger partial charge in [-0.3, -0.25) is 19.1 Å². The highest BCUT2D eigenvalue weighted by Gasteiger charge is 2.18. The van der Waals surface area contributed by atoms with E-state index in [1.807, 2.05) is 62.4 Å². The van der Waals surface area contributed by atoms with Gasteiger partial charge < -0.3 is 10.6 Å². The van der Waals surface area contributed by atoms with E-state index in [2.05, 4.69) is 10.6 Å². The van der Waals surface area contributed by atoms with Crippen molar-refractivity contribution in [2.75, 3.05) is 10.6 Å². The minimum atomic E-state index is -0.261. The Bertz CT molecular complexity index is 1400. The fourth-order valence-electron chi connectivity index (χ4n) is 3.73. The Morgan fingerprint density at radius 2 is 1.48 bits per heavy atom. The lowest BCUT2D eigenvalue weighted by molar-refractivity contribution is -0.117. The van der Waals surface area contributed by atoms with E-state index in [9.17, 15) is 14.4 Å². The maximum Gasteiger partial charge on any atom is 0.279 e. The van der Waals surface area contributed by atoms with Gasteiger partial charge in [-0.05, 0) is 67.4 Å². The third-order valence-corrected chi connectivity index (χ3v) is 5.63. The maximum absolute atomic E-state index is 13.4. The predicted molar refractivity (Wildman–Crippen MR) is 131 cm³/mol. The Hall–Kier alpha value is -4.13. The van der Waals surface area contributed by atoms with Crippen LogP contribution in [0, 0.1) is 13.8 Å². The number of aryl methyl sites for hydroxylation is 2. The van der Waals surface area contributed by atoms with E-state index >= 15 is 0 Å². The van der Waals surface area contributed by atoms with Crippen LogP contribution in [0.15, 0.2) is 71.5 Å². The Morgan fingerprint density at radius 3 is 2.18 bits per heavy atom. The number of anilines is 2. The van der Waals surface area contributed by atoms with Crippen molar-refractivity contribution in [3.8, 4) is 5.69 Å². The van der Waals surface area contributed by atoms with Gasteiger partial charge in [0.25, 0.3) is 5.56 Å². The fraction of sp³-hybridized carbons (Fsp3) is 0.192. The molecular formula is C26H26N4O3. The summed E-state index contributed by atoms with van der Waals surface area (Å²) in [6.45, 7) is 5.72. The molecule has 0 atom stereocenters. The van der Waals surface area contributed by atoms with E-state index in [1.165, 1.54) is 4.68 Å². The van der Waals surface area contributed by atoms with Crippen molar-refractivity contribution >= 4 is 34.1 Å². The number of benzene rings is 3. The summed E-state index contributed by atoms with van der Waals surface area (Å²) in [4.78, 5) is 38.1. The number of carbonyl (C=O) groups is 2. The van der Waals surface area contributed by atoms with Crippen molar-refractivity contribution < 1.29 is 9.59 Å². The molecule has 2 N–H and O–H groups in total. The molecule has 0 aliphatic rings. The van der Waals surface area contributed by atoms with Gasteiger partial charge in [0, 0.05) is 17.8 Å². The molecule has 0 aliphatic heterocycles. The van der Waals surface area contributed by atoms with Gasteiger partial charge in [-0.2, -0.15) is 0 Å². The van der Waals surface area contributed by atoms with Crippen molar-refractivity contribution in [3.05, 3.63) is 88.2 Å². The first-order valence-electron chi connectivity index (χ1n) is 10.9. The van der Waals surface area contributed by atoms with Crippen LogP contribution in [0.5, 0.6) is 0 Å². The van der Waals surface area contributed by atoms with Crippen LogP contribution in [0.1, 0.15) is 24.5 Å². The van der Waals surface area contributed by atoms with E-state index in [-0.39, 0.29) is 23.9 Å². The quantitative estimate of drug-likeness (QED) is 0.464. The molecule has 0 fully saturated rings. The van der Waals surface area contributed by atoms with E-state index in [1.54, 1.807) is 29.8 Å². The highest BCUT2D eigenvalue weighted by Crippen LogP contribution is 2.21. The summed E-state index contributed by atoms with van der Waals surface area (Å²) < 4.78 is 3.16. The van der Waals surface area contributed by atoms with Crippen LogP contribution in [0.25, 0.3) is 16.6 Å². The molecule has 168 valence electrons. The third kappa shape index (κ3) is 4.57. The molecule has 0 bridgehead atoms. The Balaban J connectivity index is 1.76. The summed E-state index contributed by atoms with van der Waals surface area (Å²) >= 11 is 0. The molecule has 0 spiro atoms. The first-order chi connectivity index (χ1) is 15.9. The lowest BCUT2D eigenvalue weighted by Crippen LogP contribution is -2.27. The van der Waals surface area contributed by atoms with Gasteiger partial charge in [0.05, 0.1) is 16.6 Å². The van der Waals surface area contributed by atoms with Crippen LogP contribution in [0.2, 0.25) is 0 Å². The van der Waals surface area contributed by atoms with Gasteiger partial charge in [0.1, 0.15) is 6.54 Å². The number of amides is 2. The molecule has 2 amide bonds. The van der Waals surface area contributed by atoms with Gasteiger partial charge in [-0.15, -0.1) is 0 Å². The number of para-hydroxylation sites is 1. The topological polar surface area (TPSA) is 85.1 Å². The zero-order chi connectivity index (χ0) is 23.5. The number of nitrogens with zero attached hydrogens (tertiary/aromatic N) is 2. The van der Waals surface area contributed by atoms with E-state index in [0.29, 0.717) is 34.4 Å². The van der Waals surface area contributed by atoms with Crippen LogP contribution in [-0.4, -0.2) is 21.2 Å². The molecule has 0 saturated heterocycles. The van der Waals surface area contributed by atoms with E-state index in [4.69, 9.17) is 0 Å². The lowest BCUT2D eigenvalue weighted by atomic mass is 10.1. The normalized spacial score (nSPS) is 10.9. The second-order valence-corrected chi connectivity index (χ2v) is 7.99. The number of fused-ring (bicyclic) bond motifs is 1. The van der Waals surface area contributed by atoms with E-state index < -0.39 is 0 Å². The molecule has 7 nitrogen and oxygen atoms in total. The standard InChI is InChI=1S/C26H26N4O3/c1-4-24(31)27-20-12-13-23-22(15-20)26(33)30(21-8-6-5-7-9-21)29(23)16-25(32)28-19-11-10-17(2)18(3)14-19/h5-15H,4,16H2,1-3H3,(H,27,31)(H,28,32). The smallest absolute Gasteiger partial charge is 0.279 e. The molecule has 7 heteroatoms. The van der Waals surface area contributed by atoms with Crippen LogP contribution >= 0.6 is 0 Å². The van der Waals surface area contributed by atoms with Gasteiger partial charge >= 0.3 is 0 Å². The van der Waals surface area contributed by atoms with Crippen LogP contribution in [0.4, 0.5) is 11.4 Å². The van der Waals surface area contributed by atoms with Crippen LogP contribution in [0.3, 0.4) is 0 Å². The first kappa shape index (κ1) is 22.1. The van der Waals surface area contributed by atoms with Gasteiger partial charge in [0.15, 0.2) is 0 Å². The molecule has 3 aromatic carbocycles. The van der Waals surface area contributed by atoms with Crippen LogP contribution in [-0.2, 0) is 16.1 Å². The third-order valence-electron chi connectivity index (χ3n) is 5.63. The van der Waals surface area contributed by atoms with Gasteiger partial charge in [0.2, 0.25) is 11.8 Å². The summed E-state index contributed by atoms with van der Waals surface area (Å²) in [5.41, 5.74) is 4.48. The molecule has 1 aromatic heterocycles. The number of aromatic nitrogens is 2. The molecule has 4 rings (SSSR count). The molecule has 0 saturated carbocycles. The Morgan fingerprint density at radius 1 is 0.818 bits per heavy atom. The highest BCUT2D eigenvalue weighted by atomic mass is 16.2. The van der Waals surface area contributed by atoms with Gasteiger partial charge in [-0.1, -0.05) is 31.2 Å². The minimum absolute atomic E-state index is 0.0543. The highest BCUT2D eigenvalue weighted by molar-refractivity contribution is 5.95. The molecule has 1 heterocycles. The summed E-state index contributed by atoms with van der Waals surface area (Å²) in [7, 11) is 0. The Kier molecular flexibility index (Phi) is 6.13. The van der Waals surface area contributed by atoms with Crippen molar-refractivity contribution in [2.24, 2.45) is 0 Å². The second kappa shape index (κ2) is 9.16. The average molecular weight is 443 g/mol. The molecule has 4 aromatic rings. The zero-order valence-electron chi connectivity index (χ0n) is 18.9. The van der Waals surface area contributed by atoms with Gasteiger partial charge in [-0.25, -0.2) is 4.68 Å². The summed E-state index contributed by atoms with van der Waals surface area (Å²) in [6, 6.07) is 20.1. The monoisotopic (exact) mass is 442 g/mol. The lowest BCUT2D eigenvalue weighted by Gasteiger charge is -2.14. The van der Waals surface area contributed by atoms with Crippen molar-refractivity contribution in [3.63, 3.8) is 0 Å². The SMILES string of the molecule is CCC(=O)Nc1ccc2c(c1)c(=O)n(-c1ccccc1)n2CC(=O)Nc1ccc(C)c(C)c1.